The van der Waals surface area contributed by atoms with E-state index in [1.165, 1.54) is 0 Å². The van der Waals surface area contributed by atoms with Gasteiger partial charge in [-0.05, 0) is 53.7 Å². The third-order valence-corrected chi connectivity index (χ3v) is 4.76. The number of ether oxygens (including phenoxy) is 2. The number of nitrogens with zero attached hydrogens (tertiary/aromatic N) is 3. The van der Waals surface area contributed by atoms with Crippen LogP contribution < -0.4 is 5.32 Å². The zero-order chi connectivity index (χ0) is 21.7. The highest BCUT2D eigenvalue weighted by Crippen LogP contribution is 2.44. The van der Waals surface area contributed by atoms with E-state index in [-0.39, 0.29) is 19.1 Å². The number of benzene rings is 2. The molecule has 156 valence electrons. The second-order valence-electron chi connectivity index (χ2n) is 7.97. The van der Waals surface area contributed by atoms with E-state index in [2.05, 4.69) is 15.3 Å². The van der Waals surface area contributed by atoms with Gasteiger partial charge in [0.1, 0.15) is 12.6 Å². The van der Waals surface area contributed by atoms with Gasteiger partial charge in [0.05, 0.1) is 12.2 Å². The SMILES string of the molecule is CC(C)(C)OC[C@H](NC(=O)OCC1c2ccccc2-c2ccccc21)C(=O)N=[N+]=[N-]. The van der Waals surface area contributed by atoms with Crippen LogP contribution in [0.5, 0.6) is 0 Å². The maximum atomic E-state index is 12.4. The number of hydrogen-bond donors (Lipinski definition) is 1. The van der Waals surface area contributed by atoms with Gasteiger partial charge in [0.25, 0.3) is 0 Å². The Balaban J connectivity index is 1.68. The van der Waals surface area contributed by atoms with Crippen LogP contribution in [0.1, 0.15) is 37.8 Å². The molecule has 0 unspecified atom stereocenters. The molecule has 0 radical (unpaired) electrons. The summed E-state index contributed by atoms with van der Waals surface area (Å²) in [6.07, 6.45) is -0.777. The molecule has 1 aliphatic rings. The lowest BCUT2D eigenvalue weighted by Crippen LogP contribution is -2.45. The molecule has 1 N–H and O–H groups in total. The molecule has 1 aliphatic carbocycles. The lowest BCUT2D eigenvalue weighted by molar-refractivity contribution is -0.123. The monoisotopic (exact) mass is 408 g/mol. The first-order valence-corrected chi connectivity index (χ1v) is 9.64. The summed E-state index contributed by atoms with van der Waals surface area (Å²) in [5.41, 5.74) is 12.4. The van der Waals surface area contributed by atoms with Crippen molar-refractivity contribution >= 4 is 12.0 Å². The van der Waals surface area contributed by atoms with Crippen LogP contribution in [0.15, 0.2) is 53.6 Å². The largest absolute Gasteiger partial charge is 0.449 e. The van der Waals surface area contributed by atoms with Gasteiger partial charge in [-0.15, -0.1) is 0 Å². The van der Waals surface area contributed by atoms with Crippen LogP contribution in [-0.2, 0) is 14.3 Å². The molecular formula is C22H24N4O4. The van der Waals surface area contributed by atoms with Gasteiger partial charge >= 0.3 is 6.09 Å². The third-order valence-electron chi connectivity index (χ3n) is 4.76. The van der Waals surface area contributed by atoms with Gasteiger partial charge in [-0.3, -0.25) is 4.79 Å². The van der Waals surface area contributed by atoms with Crippen molar-refractivity contribution < 1.29 is 19.1 Å². The van der Waals surface area contributed by atoms with E-state index in [1.807, 2.05) is 69.3 Å². The number of rotatable bonds is 6. The van der Waals surface area contributed by atoms with E-state index in [4.69, 9.17) is 15.0 Å². The summed E-state index contributed by atoms with van der Waals surface area (Å²) in [5.74, 6) is -0.935. The number of azide groups is 1. The van der Waals surface area contributed by atoms with Crippen molar-refractivity contribution in [1.82, 2.24) is 5.32 Å². The number of alkyl carbamates (subject to hydrolysis) is 1. The summed E-state index contributed by atoms with van der Waals surface area (Å²) in [5, 5.41) is 5.51. The Hall–Kier alpha value is -3.35. The lowest BCUT2D eigenvalue weighted by Gasteiger charge is -2.23. The van der Waals surface area contributed by atoms with Crippen molar-refractivity contribution in [3.8, 4) is 11.1 Å². The van der Waals surface area contributed by atoms with Gasteiger partial charge in [0.15, 0.2) is 0 Å². The highest BCUT2D eigenvalue weighted by molar-refractivity contribution is 5.86. The number of nitrogens with one attached hydrogen (secondary N) is 1. The molecule has 3 rings (SSSR count). The van der Waals surface area contributed by atoms with E-state index >= 15 is 0 Å². The minimum absolute atomic E-state index is 0.0970. The molecule has 8 nitrogen and oxygen atoms in total. The Morgan fingerprint density at radius 3 is 2.20 bits per heavy atom. The average molecular weight is 408 g/mol. The summed E-state index contributed by atoms with van der Waals surface area (Å²) in [6, 6.07) is 14.9. The molecule has 0 spiro atoms. The summed E-state index contributed by atoms with van der Waals surface area (Å²) < 4.78 is 11.0. The highest BCUT2D eigenvalue weighted by Gasteiger charge is 2.30. The molecular weight excluding hydrogens is 384 g/mol. The van der Waals surface area contributed by atoms with Crippen molar-refractivity contribution in [2.24, 2.45) is 5.11 Å². The number of carbonyl (C=O) groups excluding carboxylic acids is 2. The van der Waals surface area contributed by atoms with Crippen LogP contribution in [0.2, 0.25) is 0 Å². The van der Waals surface area contributed by atoms with Crippen LogP contribution in [0.25, 0.3) is 21.6 Å². The second-order valence-corrected chi connectivity index (χ2v) is 7.97. The minimum Gasteiger partial charge on any atom is -0.449 e. The number of carbonyl (C=O) groups is 2. The maximum Gasteiger partial charge on any atom is 0.407 e. The van der Waals surface area contributed by atoms with Crippen LogP contribution in [0.4, 0.5) is 4.79 Å². The summed E-state index contributed by atoms with van der Waals surface area (Å²) in [4.78, 5) is 26.9. The van der Waals surface area contributed by atoms with Gasteiger partial charge in [-0.25, -0.2) is 4.79 Å². The van der Waals surface area contributed by atoms with Gasteiger partial charge in [-0.1, -0.05) is 48.5 Å². The zero-order valence-electron chi connectivity index (χ0n) is 17.2. The Morgan fingerprint density at radius 2 is 1.67 bits per heavy atom. The normalized spacial score (nSPS) is 13.6. The zero-order valence-corrected chi connectivity index (χ0v) is 17.2. The van der Waals surface area contributed by atoms with Crippen LogP contribution >= 0.6 is 0 Å². The maximum absolute atomic E-state index is 12.4. The molecule has 0 bridgehead atoms. The molecule has 0 saturated carbocycles. The molecule has 0 saturated heterocycles. The quantitative estimate of drug-likeness (QED) is 0.429. The van der Waals surface area contributed by atoms with Gasteiger partial charge < -0.3 is 14.8 Å². The Labute approximate surface area is 174 Å². The van der Waals surface area contributed by atoms with E-state index in [1.54, 1.807) is 0 Å². The first-order valence-electron chi connectivity index (χ1n) is 9.64. The van der Waals surface area contributed by atoms with E-state index in [0.29, 0.717) is 0 Å². The molecule has 2 aromatic rings. The van der Waals surface area contributed by atoms with Crippen LogP contribution in [-0.4, -0.2) is 36.9 Å². The van der Waals surface area contributed by atoms with Gasteiger partial charge in [0.2, 0.25) is 5.91 Å². The van der Waals surface area contributed by atoms with E-state index in [0.717, 1.165) is 22.3 Å². The molecule has 2 aromatic carbocycles. The third kappa shape index (κ3) is 4.97. The fourth-order valence-electron chi connectivity index (χ4n) is 3.40. The standard InChI is InChI=1S/C22H24N4O4/c1-22(2,3)30-13-19(20(27)25-26-23)24-21(28)29-12-18-16-10-6-4-8-14(16)15-9-5-7-11-17(15)18/h4-11,18-19H,12-13H2,1-3H3,(H,24,28)/t19-/m0/s1. The smallest absolute Gasteiger partial charge is 0.407 e. The van der Waals surface area contributed by atoms with Crippen molar-refractivity contribution in [2.75, 3.05) is 13.2 Å². The van der Waals surface area contributed by atoms with Crippen LogP contribution in [0.3, 0.4) is 0 Å². The molecule has 8 heteroatoms. The molecule has 0 fully saturated rings. The number of fused-ring (bicyclic) bond motifs is 3. The summed E-state index contributed by atoms with van der Waals surface area (Å²) in [6.45, 7) is 5.42. The highest BCUT2D eigenvalue weighted by atomic mass is 16.5. The second kappa shape index (κ2) is 8.98. The van der Waals surface area contributed by atoms with Crippen molar-refractivity contribution in [3.63, 3.8) is 0 Å². The first-order chi connectivity index (χ1) is 14.3. The van der Waals surface area contributed by atoms with Gasteiger partial charge in [0, 0.05) is 10.8 Å². The Kier molecular flexibility index (Phi) is 6.40. The van der Waals surface area contributed by atoms with Crippen molar-refractivity contribution in [3.05, 3.63) is 70.1 Å². The molecule has 0 heterocycles. The Bertz CT molecular complexity index is 947. The van der Waals surface area contributed by atoms with Crippen molar-refractivity contribution in [2.45, 2.75) is 38.3 Å². The van der Waals surface area contributed by atoms with Crippen molar-refractivity contribution in [1.29, 1.82) is 0 Å². The molecule has 30 heavy (non-hydrogen) atoms. The topological polar surface area (TPSA) is 113 Å². The average Bonchev–Trinajstić information content (AvgIpc) is 3.03. The van der Waals surface area contributed by atoms with Gasteiger partial charge in [-0.2, -0.15) is 0 Å². The molecule has 2 amide bonds. The Morgan fingerprint density at radius 1 is 1.10 bits per heavy atom. The predicted molar refractivity (Wildman–Crippen MR) is 112 cm³/mol. The minimum atomic E-state index is -1.13. The predicted octanol–water partition coefficient (Wildman–Crippen LogP) is 4.55. The fraction of sp³-hybridized carbons (Fsp3) is 0.364. The van der Waals surface area contributed by atoms with E-state index < -0.39 is 23.6 Å². The lowest BCUT2D eigenvalue weighted by atomic mass is 9.98. The molecule has 0 aliphatic heterocycles. The summed E-state index contributed by atoms with van der Waals surface area (Å²) >= 11 is 0. The van der Waals surface area contributed by atoms with E-state index in [9.17, 15) is 9.59 Å². The molecule has 0 aromatic heterocycles. The number of amides is 2. The fourth-order valence-corrected chi connectivity index (χ4v) is 3.40. The molecule has 1 atom stereocenters. The first kappa shape index (κ1) is 21.4. The number of hydrogen-bond acceptors (Lipinski definition) is 4. The van der Waals surface area contributed by atoms with Crippen LogP contribution in [0, 0.1) is 0 Å². The summed E-state index contributed by atoms with van der Waals surface area (Å²) in [7, 11) is 0.